The van der Waals surface area contributed by atoms with Crippen molar-refractivity contribution in [1.82, 2.24) is 4.57 Å². The van der Waals surface area contributed by atoms with Crippen molar-refractivity contribution < 1.29 is 0 Å². The molecule has 2 nitrogen and oxygen atoms in total. The minimum Gasteiger partial charge on any atom is -0.341 e. The maximum absolute atomic E-state index is 8.37. The van der Waals surface area contributed by atoms with Gasteiger partial charge in [0.2, 0.25) is 0 Å². The fraction of sp³-hybridized carbons (Fsp3) is 0.125. The highest BCUT2D eigenvalue weighted by Gasteiger charge is 1.91. The molecule has 47 valence electrons. The van der Waals surface area contributed by atoms with Crippen molar-refractivity contribution in [3.63, 3.8) is 0 Å². The standard InChI is InChI=1S/C8H5N2/c1-2-4-10-5-3-8(6-9)7-10/h1,5,7H,4H2. The number of hydrogen-bond donors (Lipinski definition) is 0. The summed E-state index contributed by atoms with van der Waals surface area (Å²) in [5.41, 5.74) is 0.523. The molecule has 1 aromatic rings. The average molecular weight is 129 g/mol. The quantitative estimate of drug-likeness (QED) is 0.515. The van der Waals surface area contributed by atoms with Crippen LogP contribution in [0.5, 0.6) is 0 Å². The Labute approximate surface area is 59.7 Å². The van der Waals surface area contributed by atoms with Gasteiger partial charge in [-0.1, -0.05) is 5.92 Å². The van der Waals surface area contributed by atoms with E-state index in [-0.39, 0.29) is 0 Å². The second kappa shape index (κ2) is 2.75. The second-order valence-electron chi connectivity index (χ2n) is 1.80. The van der Waals surface area contributed by atoms with Gasteiger partial charge in [0.15, 0.2) is 0 Å². The number of terminal acetylenes is 1. The van der Waals surface area contributed by atoms with Crippen molar-refractivity contribution in [1.29, 1.82) is 5.26 Å². The minimum absolute atomic E-state index is 0.498. The van der Waals surface area contributed by atoms with Crippen molar-refractivity contribution >= 4 is 0 Å². The molecule has 0 aromatic carbocycles. The Hall–Kier alpha value is -1.67. The zero-order chi connectivity index (χ0) is 7.40. The highest BCUT2D eigenvalue weighted by Crippen LogP contribution is 1.96. The van der Waals surface area contributed by atoms with Gasteiger partial charge in [-0.05, 0) is 0 Å². The van der Waals surface area contributed by atoms with Gasteiger partial charge in [-0.25, -0.2) is 0 Å². The van der Waals surface area contributed by atoms with E-state index in [0.29, 0.717) is 12.1 Å². The first-order valence-electron chi connectivity index (χ1n) is 2.78. The van der Waals surface area contributed by atoms with Gasteiger partial charge >= 0.3 is 0 Å². The molecule has 0 atom stereocenters. The second-order valence-corrected chi connectivity index (χ2v) is 1.80. The lowest BCUT2D eigenvalue weighted by molar-refractivity contribution is 0.850. The molecule has 0 saturated heterocycles. The molecule has 0 fully saturated rings. The van der Waals surface area contributed by atoms with E-state index < -0.39 is 0 Å². The molecular formula is C8H5N2. The zero-order valence-corrected chi connectivity index (χ0v) is 5.33. The van der Waals surface area contributed by atoms with Crippen LogP contribution in [0.4, 0.5) is 0 Å². The SMILES string of the molecule is C#CCn1c[c]c(C#N)c1. The summed E-state index contributed by atoms with van der Waals surface area (Å²) in [7, 11) is 0. The summed E-state index contributed by atoms with van der Waals surface area (Å²) in [5.74, 6) is 2.45. The van der Waals surface area contributed by atoms with E-state index in [9.17, 15) is 0 Å². The predicted molar refractivity (Wildman–Crippen MR) is 36.8 cm³/mol. The first-order chi connectivity index (χ1) is 4.86. The van der Waals surface area contributed by atoms with Crippen molar-refractivity contribution in [2.45, 2.75) is 6.54 Å². The molecule has 1 heterocycles. The molecule has 0 aliphatic rings. The van der Waals surface area contributed by atoms with Crippen LogP contribution in [0, 0.1) is 29.7 Å². The lowest BCUT2D eigenvalue weighted by Crippen LogP contribution is -1.88. The molecule has 0 unspecified atom stereocenters. The molecule has 2 heteroatoms. The van der Waals surface area contributed by atoms with E-state index in [1.165, 1.54) is 0 Å². The first-order valence-corrected chi connectivity index (χ1v) is 2.78. The van der Waals surface area contributed by atoms with Crippen LogP contribution in [0.3, 0.4) is 0 Å². The van der Waals surface area contributed by atoms with E-state index in [4.69, 9.17) is 11.7 Å². The summed E-state index contributed by atoms with van der Waals surface area (Å²) < 4.78 is 1.73. The summed E-state index contributed by atoms with van der Waals surface area (Å²) >= 11 is 0. The van der Waals surface area contributed by atoms with Crippen molar-refractivity contribution in [2.75, 3.05) is 0 Å². The highest BCUT2D eigenvalue weighted by atomic mass is 14.9. The van der Waals surface area contributed by atoms with Gasteiger partial charge in [-0.15, -0.1) is 6.42 Å². The smallest absolute Gasteiger partial charge is 0.101 e. The maximum Gasteiger partial charge on any atom is 0.101 e. The van der Waals surface area contributed by atoms with Crippen molar-refractivity contribution in [3.05, 3.63) is 24.0 Å². The fourth-order valence-corrected chi connectivity index (χ4v) is 0.651. The van der Waals surface area contributed by atoms with Crippen LogP contribution < -0.4 is 0 Å². The van der Waals surface area contributed by atoms with Gasteiger partial charge in [-0.2, -0.15) is 5.26 Å². The topological polar surface area (TPSA) is 28.7 Å². The largest absolute Gasteiger partial charge is 0.341 e. The van der Waals surface area contributed by atoms with Crippen LogP contribution in [0.1, 0.15) is 5.56 Å². The Morgan fingerprint density at radius 3 is 3.10 bits per heavy atom. The number of nitriles is 1. The maximum atomic E-state index is 8.37. The van der Waals surface area contributed by atoms with E-state index in [1.54, 1.807) is 17.0 Å². The van der Waals surface area contributed by atoms with Crippen LogP contribution >= 0.6 is 0 Å². The van der Waals surface area contributed by atoms with Crippen molar-refractivity contribution in [3.8, 4) is 18.4 Å². The Balaban J connectivity index is 2.83. The lowest BCUT2D eigenvalue weighted by atomic mass is 10.4. The Morgan fingerprint density at radius 2 is 2.60 bits per heavy atom. The number of rotatable bonds is 1. The van der Waals surface area contributed by atoms with E-state index in [0.717, 1.165) is 0 Å². The van der Waals surface area contributed by atoms with Gasteiger partial charge in [0.05, 0.1) is 12.1 Å². The molecule has 10 heavy (non-hydrogen) atoms. The van der Waals surface area contributed by atoms with Crippen molar-refractivity contribution in [2.24, 2.45) is 0 Å². The van der Waals surface area contributed by atoms with Crippen LogP contribution in [0.15, 0.2) is 12.4 Å². The highest BCUT2D eigenvalue weighted by molar-refractivity contribution is 5.24. The zero-order valence-electron chi connectivity index (χ0n) is 5.33. The third-order valence-corrected chi connectivity index (χ3v) is 1.08. The first kappa shape index (κ1) is 6.45. The molecule has 1 aromatic heterocycles. The van der Waals surface area contributed by atoms with Gasteiger partial charge in [-0.3, -0.25) is 0 Å². The van der Waals surface area contributed by atoms with Crippen LogP contribution in [-0.4, -0.2) is 4.57 Å². The summed E-state index contributed by atoms with van der Waals surface area (Å²) in [6.07, 6.45) is 8.38. The third-order valence-electron chi connectivity index (χ3n) is 1.08. The van der Waals surface area contributed by atoms with Crippen LogP contribution in [0.25, 0.3) is 0 Å². The lowest BCUT2D eigenvalue weighted by Gasteiger charge is -1.89. The monoisotopic (exact) mass is 129 g/mol. The molecule has 0 aliphatic carbocycles. The predicted octanol–water partition coefficient (Wildman–Crippen LogP) is 0.793. The Morgan fingerprint density at radius 1 is 1.80 bits per heavy atom. The van der Waals surface area contributed by atoms with Gasteiger partial charge in [0.25, 0.3) is 0 Å². The molecule has 0 saturated carbocycles. The third kappa shape index (κ3) is 1.18. The van der Waals surface area contributed by atoms with Gasteiger partial charge < -0.3 is 4.57 Å². The molecule has 0 bridgehead atoms. The minimum atomic E-state index is 0.498. The molecular weight excluding hydrogens is 124 g/mol. The van der Waals surface area contributed by atoms with Crippen LogP contribution in [-0.2, 0) is 6.54 Å². The summed E-state index contributed by atoms with van der Waals surface area (Å²) in [6.45, 7) is 0.498. The van der Waals surface area contributed by atoms with E-state index >= 15 is 0 Å². The molecule has 0 amide bonds. The fourth-order valence-electron chi connectivity index (χ4n) is 0.651. The summed E-state index contributed by atoms with van der Waals surface area (Å²) in [5, 5.41) is 8.37. The normalized spacial score (nSPS) is 8.20. The molecule has 0 aliphatic heterocycles. The number of nitrogens with zero attached hydrogens (tertiary/aromatic N) is 2. The molecule has 0 spiro atoms. The number of hydrogen-bond acceptors (Lipinski definition) is 1. The number of aromatic nitrogens is 1. The average Bonchev–Trinajstić information content (AvgIpc) is 2.37. The van der Waals surface area contributed by atoms with Crippen LogP contribution in [0.2, 0.25) is 0 Å². The molecule has 0 N–H and O–H groups in total. The summed E-state index contributed by atoms with van der Waals surface area (Å²) in [4.78, 5) is 0. The van der Waals surface area contributed by atoms with E-state index in [2.05, 4.69) is 12.0 Å². The Kier molecular flexibility index (Phi) is 1.78. The van der Waals surface area contributed by atoms with Gasteiger partial charge in [0.1, 0.15) is 6.07 Å². The van der Waals surface area contributed by atoms with E-state index in [1.807, 2.05) is 6.07 Å². The Bertz CT molecular complexity index is 296. The van der Waals surface area contributed by atoms with Gasteiger partial charge in [0, 0.05) is 18.5 Å². The summed E-state index contributed by atoms with van der Waals surface area (Å²) in [6, 6.07) is 4.71. The molecule has 1 radical (unpaired) electrons. The molecule has 1 rings (SSSR count).